The molecule has 4 heteroatoms. The third-order valence-electron chi connectivity index (χ3n) is 2.93. The monoisotopic (exact) mass is 241 g/mol. The molecule has 0 radical (unpaired) electrons. The molecule has 0 bridgehead atoms. The predicted molar refractivity (Wildman–Crippen MR) is 70.6 cm³/mol. The number of hydrogen-bond donors (Lipinski definition) is 2. The molecule has 0 aliphatic heterocycles. The Morgan fingerprint density at radius 2 is 2.06 bits per heavy atom. The van der Waals surface area contributed by atoms with Gasteiger partial charge in [-0.15, -0.1) is 0 Å². The quantitative estimate of drug-likeness (QED) is 0.687. The summed E-state index contributed by atoms with van der Waals surface area (Å²) in [6.45, 7) is 1.90. The maximum absolute atomic E-state index is 13.6. The van der Waals surface area contributed by atoms with Crippen LogP contribution in [0.4, 0.5) is 10.1 Å². The summed E-state index contributed by atoms with van der Waals surface area (Å²) in [6.07, 6.45) is 0. The fraction of sp³-hybridized carbons (Fsp3) is 0.0714. The summed E-state index contributed by atoms with van der Waals surface area (Å²) in [5.41, 5.74) is 9.49. The highest BCUT2D eigenvalue weighted by Crippen LogP contribution is 2.28. The average molecular weight is 241 g/mol. The maximum atomic E-state index is 13.6. The van der Waals surface area contributed by atoms with Gasteiger partial charge in [0.05, 0.1) is 11.4 Å². The lowest BCUT2D eigenvalue weighted by molar-refractivity contribution is 0.640. The Kier molecular flexibility index (Phi) is 2.30. The van der Waals surface area contributed by atoms with Gasteiger partial charge in [-0.3, -0.25) is 0 Å². The molecule has 2 aromatic heterocycles. The molecule has 0 saturated heterocycles. The third-order valence-corrected chi connectivity index (χ3v) is 2.93. The summed E-state index contributed by atoms with van der Waals surface area (Å²) in [7, 11) is 0. The normalized spacial score (nSPS) is 11.0. The Morgan fingerprint density at radius 3 is 2.83 bits per heavy atom. The standard InChI is InChI=1S/C14H12FN3/c1-8-5-6-11(16)14(17-8)13-7-9-10(15)3-2-4-12(9)18-13/h2-7,18H,16H2,1H3. The molecular weight excluding hydrogens is 229 g/mol. The lowest BCUT2D eigenvalue weighted by atomic mass is 10.2. The average Bonchev–Trinajstić information content (AvgIpc) is 2.77. The van der Waals surface area contributed by atoms with Gasteiger partial charge in [-0.1, -0.05) is 6.07 Å². The van der Waals surface area contributed by atoms with Gasteiger partial charge in [0.2, 0.25) is 0 Å². The number of aromatic amines is 1. The van der Waals surface area contributed by atoms with Gasteiger partial charge >= 0.3 is 0 Å². The number of anilines is 1. The highest BCUT2D eigenvalue weighted by molar-refractivity contribution is 5.87. The van der Waals surface area contributed by atoms with E-state index in [0.29, 0.717) is 16.8 Å². The van der Waals surface area contributed by atoms with Crippen molar-refractivity contribution < 1.29 is 4.39 Å². The molecule has 0 unspecified atom stereocenters. The Balaban J connectivity index is 2.26. The number of rotatable bonds is 1. The number of fused-ring (bicyclic) bond motifs is 1. The first-order valence-electron chi connectivity index (χ1n) is 5.66. The van der Waals surface area contributed by atoms with Gasteiger partial charge in [0, 0.05) is 16.6 Å². The molecule has 3 N–H and O–H groups in total. The van der Waals surface area contributed by atoms with Crippen LogP contribution in [0.1, 0.15) is 5.69 Å². The zero-order chi connectivity index (χ0) is 12.7. The number of halogens is 1. The van der Waals surface area contributed by atoms with Gasteiger partial charge in [-0.25, -0.2) is 9.37 Å². The van der Waals surface area contributed by atoms with Crippen molar-refractivity contribution in [1.82, 2.24) is 9.97 Å². The topological polar surface area (TPSA) is 54.7 Å². The molecule has 18 heavy (non-hydrogen) atoms. The van der Waals surface area contributed by atoms with Crippen LogP contribution in [0.3, 0.4) is 0 Å². The molecule has 0 atom stereocenters. The number of nitrogens with zero attached hydrogens (tertiary/aromatic N) is 1. The first-order valence-corrected chi connectivity index (χ1v) is 5.66. The van der Waals surface area contributed by atoms with Crippen molar-refractivity contribution in [2.45, 2.75) is 6.92 Å². The lowest BCUT2D eigenvalue weighted by Gasteiger charge is -2.03. The third kappa shape index (κ3) is 1.62. The summed E-state index contributed by atoms with van der Waals surface area (Å²) in [4.78, 5) is 7.53. The van der Waals surface area contributed by atoms with Crippen molar-refractivity contribution in [3.05, 3.63) is 47.9 Å². The lowest BCUT2D eigenvalue weighted by Crippen LogP contribution is -1.94. The molecule has 0 spiro atoms. The van der Waals surface area contributed by atoms with Crippen LogP contribution in [0.15, 0.2) is 36.4 Å². The molecule has 3 nitrogen and oxygen atoms in total. The summed E-state index contributed by atoms with van der Waals surface area (Å²) in [6, 6.07) is 10.3. The van der Waals surface area contributed by atoms with E-state index in [-0.39, 0.29) is 5.82 Å². The second-order valence-corrected chi connectivity index (χ2v) is 4.27. The van der Waals surface area contributed by atoms with E-state index >= 15 is 0 Å². The van der Waals surface area contributed by atoms with E-state index in [2.05, 4.69) is 9.97 Å². The second kappa shape index (κ2) is 3.84. The van der Waals surface area contributed by atoms with Crippen LogP contribution in [0.2, 0.25) is 0 Å². The van der Waals surface area contributed by atoms with Gasteiger partial charge < -0.3 is 10.7 Å². The summed E-state index contributed by atoms with van der Waals surface area (Å²) in [5, 5.41) is 0.551. The predicted octanol–water partition coefficient (Wildman–Crippen LogP) is 3.26. The first-order chi connectivity index (χ1) is 8.65. The van der Waals surface area contributed by atoms with Crippen LogP contribution in [-0.4, -0.2) is 9.97 Å². The molecule has 0 aliphatic carbocycles. The van der Waals surface area contributed by atoms with Crippen LogP contribution in [0.25, 0.3) is 22.3 Å². The fourth-order valence-electron chi connectivity index (χ4n) is 2.03. The number of H-pyrrole nitrogens is 1. The molecule has 2 heterocycles. The molecule has 0 saturated carbocycles. The van der Waals surface area contributed by atoms with Crippen LogP contribution < -0.4 is 5.73 Å². The Bertz CT molecular complexity index is 731. The zero-order valence-corrected chi connectivity index (χ0v) is 9.87. The molecule has 90 valence electrons. The van der Waals surface area contributed by atoms with Crippen molar-refractivity contribution in [1.29, 1.82) is 0 Å². The van der Waals surface area contributed by atoms with E-state index in [9.17, 15) is 4.39 Å². The van der Waals surface area contributed by atoms with Crippen molar-refractivity contribution in [3.8, 4) is 11.4 Å². The number of nitrogen functional groups attached to an aromatic ring is 1. The Hall–Kier alpha value is -2.36. The number of benzene rings is 1. The summed E-state index contributed by atoms with van der Waals surface area (Å²) < 4.78 is 13.6. The second-order valence-electron chi connectivity index (χ2n) is 4.27. The number of hydrogen-bond acceptors (Lipinski definition) is 2. The van der Waals surface area contributed by atoms with Gasteiger partial charge in [0.1, 0.15) is 11.5 Å². The van der Waals surface area contributed by atoms with Crippen molar-refractivity contribution in [3.63, 3.8) is 0 Å². The smallest absolute Gasteiger partial charge is 0.132 e. The molecule has 3 rings (SSSR count). The number of nitrogens with one attached hydrogen (secondary N) is 1. The van der Waals surface area contributed by atoms with E-state index in [4.69, 9.17) is 5.73 Å². The molecule has 0 fully saturated rings. The van der Waals surface area contributed by atoms with Gasteiger partial charge in [0.15, 0.2) is 0 Å². The Morgan fingerprint density at radius 1 is 1.22 bits per heavy atom. The van der Waals surface area contributed by atoms with E-state index in [1.807, 2.05) is 19.1 Å². The Labute approximate surface area is 103 Å². The van der Waals surface area contributed by atoms with Crippen molar-refractivity contribution in [2.75, 3.05) is 5.73 Å². The van der Waals surface area contributed by atoms with Gasteiger partial charge in [-0.05, 0) is 37.3 Å². The van der Waals surface area contributed by atoms with E-state index in [0.717, 1.165) is 16.9 Å². The number of nitrogens with two attached hydrogens (primary N) is 1. The van der Waals surface area contributed by atoms with Gasteiger partial charge in [-0.2, -0.15) is 0 Å². The van der Waals surface area contributed by atoms with Crippen molar-refractivity contribution >= 4 is 16.6 Å². The minimum Gasteiger partial charge on any atom is -0.397 e. The van der Waals surface area contributed by atoms with Crippen LogP contribution in [0, 0.1) is 12.7 Å². The molecule has 1 aromatic carbocycles. The summed E-state index contributed by atoms with van der Waals surface area (Å²) in [5.74, 6) is -0.249. The SMILES string of the molecule is Cc1ccc(N)c(-c2cc3c(F)cccc3[nH]2)n1. The minimum atomic E-state index is -0.249. The number of pyridine rings is 1. The van der Waals surface area contributed by atoms with Crippen molar-refractivity contribution in [2.24, 2.45) is 0 Å². The van der Waals surface area contributed by atoms with E-state index in [1.54, 1.807) is 18.2 Å². The highest BCUT2D eigenvalue weighted by Gasteiger charge is 2.10. The summed E-state index contributed by atoms with van der Waals surface area (Å²) >= 11 is 0. The highest BCUT2D eigenvalue weighted by atomic mass is 19.1. The molecular formula is C14H12FN3. The number of aryl methyl sites for hydroxylation is 1. The van der Waals surface area contributed by atoms with Crippen LogP contribution in [0.5, 0.6) is 0 Å². The van der Waals surface area contributed by atoms with Gasteiger partial charge in [0.25, 0.3) is 0 Å². The maximum Gasteiger partial charge on any atom is 0.132 e. The van der Waals surface area contributed by atoms with E-state index in [1.165, 1.54) is 6.07 Å². The number of aromatic nitrogens is 2. The minimum absolute atomic E-state index is 0.249. The largest absolute Gasteiger partial charge is 0.397 e. The zero-order valence-electron chi connectivity index (χ0n) is 9.87. The molecule has 0 aliphatic rings. The molecule has 0 amide bonds. The fourth-order valence-corrected chi connectivity index (χ4v) is 2.03. The first kappa shape index (κ1) is 10.8. The molecule has 3 aromatic rings. The van der Waals surface area contributed by atoms with Crippen LogP contribution in [-0.2, 0) is 0 Å². The van der Waals surface area contributed by atoms with E-state index < -0.39 is 0 Å². The van der Waals surface area contributed by atoms with Crippen LogP contribution >= 0.6 is 0 Å².